The molecule has 0 bridgehead atoms. The second-order valence-corrected chi connectivity index (χ2v) is 5.19. The van der Waals surface area contributed by atoms with Crippen molar-refractivity contribution in [3.8, 4) is 0 Å². The van der Waals surface area contributed by atoms with E-state index in [1.807, 2.05) is 12.1 Å². The van der Waals surface area contributed by atoms with Crippen molar-refractivity contribution >= 4 is 28.9 Å². The van der Waals surface area contributed by atoms with Crippen LogP contribution in [0.1, 0.15) is 26.2 Å². The quantitative estimate of drug-likeness (QED) is 0.816. The largest absolute Gasteiger partial charge is 0.381 e. The van der Waals surface area contributed by atoms with Crippen LogP contribution in [0.25, 0.3) is 0 Å². The Kier molecular flexibility index (Phi) is 3.42. The molecule has 1 atom stereocenters. The first kappa shape index (κ1) is 11.1. The third-order valence-electron chi connectivity index (χ3n) is 2.72. The van der Waals surface area contributed by atoms with Gasteiger partial charge in [-0.1, -0.05) is 36.0 Å². The third-order valence-corrected chi connectivity index (χ3v) is 3.26. The van der Waals surface area contributed by atoms with Gasteiger partial charge in [0.2, 0.25) is 0 Å². The number of anilines is 1. The number of halogens is 2. The molecule has 3 heteroatoms. The Hall–Kier alpha value is -0.400. The van der Waals surface area contributed by atoms with Crippen LogP contribution in [0.15, 0.2) is 18.2 Å². The normalized spacial score (nSPS) is 17.5. The first-order valence-corrected chi connectivity index (χ1v) is 6.12. The second-order valence-electron chi connectivity index (χ2n) is 4.35. The van der Waals surface area contributed by atoms with Crippen LogP contribution in [-0.2, 0) is 0 Å². The molecule has 0 spiro atoms. The number of nitrogens with one attached hydrogen (secondary N) is 1. The van der Waals surface area contributed by atoms with Gasteiger partial charge in [-0.15, -0.1) is 0 Å². The van der Waals surface area contributed by atoms with E-state index in [1.165, 1.54) is 19.3 Å². The van der Waals surface area contributed by atoms with E-state index in [0.29, 0.717) is 16.1 Å². The number of benzene rings is 1. The van der Waals surface area contributed by atoms with E-state index in [4.69, 9.17) is 23.2 Å². The van der Waals surface area contributed by atoms with Gasteiger partial charge in [0.25, 0.3) is 0 Å². The molecule has 0 aromatic heterocycles. The lowest BCUT2D eigenvalue weighted by Crippen LogP contribution is -2.15. The molecule has 1 aliphatic rings. The molecule has 0 heterocycles. The molecule has 1 unspecified atom stereocenters. The summed E-state index contributed by atoms with van der Waals surface area (Å²) in [7, 11) is 0. The summed E-state index contributed by atoms with van der Waals surface area (Å²) in [4.78, 5) is 0. The predicted octanol–water partition coefficient (Wildman–Crippen LogP) is 4.59. The van der Waals surface area contributed by atoms with Gasteiger partial charge >= 0.3 is 0 Å². The highest BCUT2D eigenvalue weighted by atomic mass is 35.5. The van der Waals surface area contributed by atoms with E-state index in [1.54, 1.807) is 6.07 Å². The molecule has 82 valence electrons. The molecule has 1 aromatic rings. The Morgan fingerprint density at radius 2 is 2.13 bits per heavy atom. The number of hydrogen-bond donors (Lipinski definition) is 1. The van der Waals surface area contributed by atoms with Crippen LogP contribution >= 0.6 is 23.2 Å². The highest BCUT2D eigenvalue weighted by Crippen LogP contribution is 2.34. The van der Waals surface area contributed by atoms with Crippen LogP contribution in [0.5, 0.6) is 0 Å². The number of rotatable bonds is 4. The fourth-order valence-electron chi connectivity index (χ4n) is 1.78. The van der Waals surface area contributed by atoms with Crippen LogP contribution in [0.4, 0.5) is 5.69 Å². The fraction of sp³-hybridized carbons (Fsp3) is 0.500. The zero-order valence-corrected chi connectivity index (χ0v) is 10.3. The molecular weight excluding hydrogens is 229 g/mol. The molecule has 1 saturated carbocycles. The Labute approximate surface area is 101 Å². The van der Waals surface area contributed by atoms with E-state index >= 15 is 0 Å². The van der Waals surface area contributed by atoms with E-state index in [-0.39, 0.29) is 0 Å². The predicted molar refractivity (Wildman–Crippen MR) is 66.9 cm³/mol. The number of hydrogen-bond acceptors (Lipinski definition) is 1. The second kappa shape index (κ2) is 4.63. The maximum absolute atomic E-state index is 6.08. The molecule has 0 amide bonds. The molecule has 1 fully saturated rings. The zero-order valence-electron chi connectivity index (χ0n) is 8.76. The van der Waals surface area contributed by atoms with E-state index in [0.717, 1.165) is 11.6 Å². The lowest BCUT2D eigenvalue weighted by molar-refractivity contribution is 0.642. The Bertz CT molecular complexity index is 347. The van der Waals surface area contributed by atoms with Gasteiger partial charge in [0.1, 0.15) is 0 Å². The van der Waals surface area contributed by atoms with Crippen molar-refractivity contribution in [2.45, 2.75) is 32.2 Å². The topological polar surface area (TPSA) is 12.0 Å². The average molecular weight is 244 g/mol. The lowest BCUT2D eigenvalue weighted by atomic mass is 10.1. The molecular formula is C12H15Cl2N. The van der Waals surface area contributed by atoms with Crippen molar-refractivity contribution in [1.29, 1.82) is 0 Å². The minimum Gasteiger partial charge on any atom is -0.381 e. The van der Waals surface area contributed by atoms with Gasteiger partial charge < -0.3 is 5.32 Å². The van der Waals surface area contributed by atoms with Gasteiger partial charge in [-0.2, -0.15) is 0 Å². The summed E-state index contributed by atoms with van der Waals surface area (Å²) in [5, 5.41) is 4.80. The minimum atomic E-state index is 0.483. The Balaban J connectivity index is 1.96. The van der Waals surface area contributed by atoms with Crippen molar-refractivity contribution in [2.75, 3.05) is 5.32 Å². The summed E-state index contributed by atoms with van der Waals surface area (Å²) in [6.45, 7) is 2.20. The zero-order chi connectivity index (χ0) is 10.8. The van der Waals surface area contributed by atoms with E-state index in [2.05, 4.69) is 12.2 Å². The monoisotopic (exact) mass is 243 g/mol. The fourth-order valence-corrected chi connectivity index (χ4v) is 2.25. The molecule has 0 aliphatic heterocycles. The Morgan fingerprint density at radius 3 is 2.73 bits per heavy atom. The molecule has 0 saturated heterocycles. The van der Waals surface area contributed by atoms with Crippen LogP contribution in [0.3, 0.4) is 0 Å². The molecule has 0 radical (unpaired) electrons. The van der Waals surface area contributed by atoms with Crippen molar-refractivity contribution in [2.24, 2.45) is 5.92 Å². The van der Waals surface area contributed by atoms with Gasteiger partial charge in [0.15, 0.2) is 0 Å². The van der Waals surface area contributed by atoms with Crippen molar-refractivity contribution < 1.29 is 0 Å². The standard InChI is InChI=1S/C12H15Cl2N/c1-8(6-9-2-3-9)15-12-5-4-10(13)7-11(12)14/h4-5,7-9,15H,2-3,6H2,1H3. The highest BCUT2D eigenvalue weighted by molar-refractivity contribution is 6.36. The molecule has 1 nitrogen and oxygen atoms in total. The van der Waals surface area contributed by atoms with Crippen molar-refractivity contribution in [3.63, 3.8) is 0 Å². The maximum atomic E-state index is 6.08. The molecule has 1 aromatic carbocycles. The minimum absolute atomic E-state index is 0.483. The Morgan fingerprint density at radius 1 is 1.40 bits per heavy atom. The van der Waals surface area contributed by atoms with Gasteiger partial charge in [0, 0.05) is 11.1 Å². The SMILES string of the molecule is CC(CC1CC1)Nc1ccc(Cl)cc1Cl. The van der Waals surface area contributed by atoms with Gasteiger partial charge in [-0.3, -0.25) is 0 Å². The summed E-state index contributed by atoms with van der Waals surface area (Å²) in [5.41, 5.74) is 0.981. The molecule has 15 heavy (non-hydrogen) atoms. The summed E-state index contributed by atoms with van der Waals surface area (Å²) in [6.07, 6.45) is 4.01. The van der Waals surface area contributed by atoms with Crippen LogP contribution in [-0.4, -0.2) is 6.04 Å². The molecule has 1 aliphatic carbocycles. The first-order chi connectivity index (χ1) is 7.15. The maximum Gasteiger partial charge on any atom is 0.0652 e. The lowest BCUT2D eigenvalue weighted by Gasteiger charge is -2.16. The smallest absolute Gasteiger partial charge is 0.0652 e. The van der Waals surface area contributed by atoms with Crippen LogP contribution in [0.2, 0.25) is 10.0 Å². The summed E-state index contributed by atoms with van der Waals surface area (Å²) < 4.78 is 0. The first-order valence-electron chi connectivity index (χ1n) is 5.37. The summed E-state index contributed by atoms with van der Waals surface area (Å²) in [5.74, 6) is 0.929. The average Bonchev–Trinajstić information content (AvgIpc) is 2.94. The summed E-state index contributed by atoms with van der Waals surface area (Å²) in [6, 6.07) is 6.05. The van der Waals surface area contributed by atoms with Gasteiger partial charge in [-0.05, 0) is 37.5 Å². The summed E-state index contributed by atoms with van der Waals surface area (Å²) >= 11 is 11.9. The van der Waals surface area contributed by atoms with E-state index in [9.17, 15) is 0 Å². The van der Waals surface area contributed by atoms with Gasteiger partial charge in [-0.25, -0.2) is 0 Å². The molecule has 1 N–H and O–H groups in total. The van der Waals surface area contributed by atoms with Gasteiger partial charge in [0.05, 0.1) is 10.7 Å². The van der Waals surface area contributed by atoms with Crippen LogP contribution in [0, 0.1) is 5.92 Å². The van der Waals surface area contributed by atoms with Crippen molar-refractivity contribution in [1.82, 2.24) is 0 Å². The molecule has 2 rings (SSSR count). The third kappa shape index (κ3) is 3.29. The van der Waals surface area contributed by atoms with Crippen molar-refractivity contribution in [3.05, 3.63) is 28.2 Å². The van der Waals surface area contributed by atoms with Crippen LogP contribution < -0.4 is 5.32 Å². The highest BCUT2D eigenvalue weighted by Gasteiger charge is 2.23. The van der Waals surface area contributed by atoms with E-state index < -0.39 is 0 Å².